The van der Waals surface area contributed by atoms with Gasteiger partial charge in [0.2, 0.25) is 23.8 Å². The quantitative estimate of drug-likeness (QED) is 0.271. The highest BCUT2D eigenvalue weighted by Gasteiger charge is 2.32. The number of anilines is 4. The molecule has 0 bridgehead atoms. The van der Waals surface area contributed by atoms with Gasteiger partial charge in [0.15, 0.2) is 0 Å². The smallest absolute Gasteiger partial charge is 0.344 e. The third kappa shape index (κ3) is 9.06. The first-order valence-electron chi connectivity index (χ1n) is 10.2. The average Bonchev–Trinajstić information content (AvgIpc) is 2.78. The summed E-state index contributed by atoms with van der Waals surface area (Å²) < 4.78 is 38.6. The van der Waals surface area contributed by atoms with E-state index in [9.17, 15) is 13.2 Å². The van der Waals surface area contributed by atoms with Crippen molar-refractivity contribution in [2.75, 3.05) is 46.8 Å². The average molecular weight is 536 g/mol. The van der Waals surface area contributed by atoms with Crippen LogP contribution in [0.2, 0.25) is 0 Å². The minimum absolute atomic E-state index is 0. The molecule has 0 saturated carbocycles. The van der Waals surface area contributed by atoms with Crippen LogP contribution in [0.4, 0.5) is 37.0 Å². The summed E-state index contributed by atoms with van der Waals surface area (Å²) in [7, 11) is 0. The summed E-state index contributed by atoms with van der Waals surface area (Å²) in [5.41, 5.74) is 4.29. The fraction of sp³-hybridized carbons (Fsp3) is 0.611. The van der Waals surface area contributed by atoms with Crippen LogP contribution in [0.3, 0.4) is 0 Å². The molecule has 2 aliphatic rings. The van der Waals surface area contributed by atoms with E-state index in [2.05, 4.69) is 45.6 Å². The van der Waals surface area contributed by atoms with Crippen molar-refractivity contribution in [3.05, 3.63) is 18.0 Å². The van der Waals surface area contributed by atoms with Crippen LogP contribution in [0.5, 0.6) is 0 Å². The lowest BCUT2D eigenvalue weighted by molar-refractivity contribution is -0.141. The maximum Gasteiger partial charge on any atom is 0.433 e. The molecule has 2 saturated heterocycles. The lowest BCUT2D eigenvalue weighted by atomic mass is 10.1. The van der Waals surface area contributed by atoms with Gasteiger partial charge in [-0.1, -0.05) is 0 Å². The lowest BCUT2D eigenvalue weighted by Gasteiger charge is -2.30. The molecule has 2 fully saturated rings. The molecule has 2 aromatic rings. The number of nitrogens with one attached hydrogen (secondary N) is 2. The van der Waals surface area contributed by atoms with Crippen molar-refractivity contribution in [1.82, 2.24) is 49.5 Å². The standard InChI is InChI=1S/C18H24F3N9.ClH.4H3N.4H2/c19-18(20,21)13-7-8-22-14(23-13)27-28-15-24-16(29-9-3-1-4-10-29)26-17(25-15)30-11-5-2-6-12-30;;;;;;;;;/h7-8H,1-6,9-12H2,(H,22,23,27)(H,24,25,26,28);1H;4*1H3;4*1H. The summed E-state index contributed by atoms with van der Waals surface area (Å²) in [6, 6.07) is 0.817. The van der Waals surface area contributed by atoms with Crippen LogP contribution in [0.15, 0.2) is 12.3 Å². The number of hydrazine groups is 1. The van der Waals surface area contributed by atoms with E-state index in [4.69, 9.17) is 0 Å². The normalized spacial score (nSPS) is 15.2. The van der Waals surface area contributed by atoms with Gasteiger partial charge in [0, 0.05) is 38.1 Å². The van der Waals surface area contributed by atoms with Gasteiger partial charge >= 0.3 is 6.18 Å². The van der Waals surface area contributed by atoms with Crippen molar-refractivity contribution >= 4 is 36.2 Å². The third-order valence-electron chi connectivity index (χ3n) is 5.12. The topological polar surface area (TPSA) is 235 Å². The van der Waals surface area contributed by atoms with Crippen molar-refractivity contribution in [2.45, 2.75) is 44.7 Å². The molecule has 0 spiro atoms. The molecule has 0 aliphatic carbocycles. The van der Waals surface area contributed by atoms with Crippen LogP contribution < -0.4 is 45.3 Å². The first-order valence-corrected chi connectivity index (χ1v) is 10.2. The Labute approximate surface area is 214 Å². The first kappa shape index (κ1) is 34.4. The molecular weight excluding hydrogens is 491 g/mol. The first-order chi connectivity index (χ1) is 14.5. The molecule has 17 heteroatoms. The van der Waals surface area contributed by atoms with Crippen LogP contribution in [-0.2, 0) is 6.18 Å². The molecule has 4 heterocycles. The number of hydrogen-bond acceptors (Lipinski definition) is 13. The summed E-state index contributed by atoms with van der Waals surface area (Å²) >= 11 is 0. The van der Waals surface area contributed by atoms with E-state index in [-0.39, 0.29) is 54.6 Å². The maximum atomic E-state index is 12.9. The van der Waals surface area contributed by atoms with Gasteiger partial charge in [-0.3, -0.25) is 10.9 Å². The SMILES string of the molecule is Cl.FC(F)(F)c1ccnc(NNc2nc(N3CCCCC3)nc(N3CCCCC3)n2)n1.N.N.N.N.[HH].[HH].[HH].[HH]. The largest absolute Gasteiger partial charge is 0.433 e. The molecular formula is C18H45ClF3N13. The zero-order valence-corrected chi connectivity index (χ0v) is 20.5. The number of hydrogen-bond donors (Lipinski definition) is 6. The molecule has 14 N–H and O–H groups in total. The van der Waals surface area contributed by atoms with E-state index in [1.165, 1.54) is 12.8 Å². The van der Waals surface area contributed by atoms with Crippen molar-refractivity contribution in [3.63, 3.8) is 0 Å². The van der Waals surface area contributed by atoms with E-state index < -0.39 is 11.9 Å². The zero-order chi connectivity index (χ0) is 21.0. The molecule has 13 nitrogen and oxygen atoms in total. The van der Waals surface area contributed by atoms with Gasteiger partial charge in [-0.2, -0.15) is 28.1 Å². The van der Waals surface area contributed by atoms with Crippen LogP contribution in [0, 0.1) is 0 Å². The van der Waals surface area contributed by atoms with Crippen LogP contribution >= 0.6 is 12.4 Å². The molecule has 0 atom stereocenters. The van der Waals surface area contributed by atoms with Gasteiger partial charge in [-0.05, 0) is 44.6 Å². The predicted molar refractivity (Wildman–Crippen MR) is 142 cm³/mol. The second-order valence-corrected chi connectivity index (χ2v) is 7.37. The Morgan fingerprint density at radius 2 is 1.14 bits per heavy atom. The van der Waals surface area contributed by atoms with Gasteiger partial charge in [0.1, 0.15) is 5.69 Å². The van der Waals surface area contributed by atoms with Crippen molar-refractivity contribution < 1.29 is 18.9 Å². The van der Waals surface area contributed by atoms with Gasteiger partial charge in [0.05, 0.1) is 0 Å². The Bertz CT molecular complexity index is 844. The van der Waals surface area contributed by atoms with E-state index in [1.807, 2.05) is 0 Å². The minimum atomic E-state index is -4.55. The summed E-state index contributed by atoms with van der Waals surface area (Å²) in [4.78, 5) is 25.1. The second-order valence-electron chi connectivity index (χ2n) is 7.37. The summed E-state index contributed by atoms with van der Waals surface area (Å²) in [6.45, 7) is 3.47. The molecule has 2 aromatic heterocycles. The Kier molecular flexibility index (Phi) is 15.0. The molecule has 2 aliphatic heterocycles. The van der Waals surface area contributed by atoms with E-state index in [1.54, 1.807) is 0 Å². The van der Waals surface area contributed by atoms with Crippen LogP contribution in [0.1, 0.15) is 49.9 Å². The number of rotatable bonds is 5. The maximum absolute atomic E-state index is 12.9. The number of alkyl halides is 3. The minimum Gasteiger partial charge on any atom is -0.344 e. The number of piperidine rings is 2. The van der Waals surface area contributed by atoms with Gasteiger partial charge < -0.3 is 34.4 Å². The molecule has 4 rings (SSSR count). The molecule has 210 valence electrons. The van der Waals surface area contributed by atoms with Gasteiger partial charge in [-0.25, -0.2) is 9.97 Å². The third-order valence-corrected chi connectivity index (χ3v) is 5.12. The highest BCUT2D eigenvalue weighted by Crippen LogP contribution is 2.27. The van der Waals surface area contributed by atoms with E-state index in [0.29, 0.717) is 11.9 Å². The highest BCUT2D eigenvalue weighted by atomic mass is 35.5. The Morgan fingerprint density at radius 1 is 0.686 bits per heavy atom. The lowest BCUT2D eigenvalue weighted by Crippen LogP contribution is -2.34. The number of nitrogens with zero attached hydrogens (tertiary/aromatic N) is 7. The monoisotopic (exact) mass is 535 g/mol. The molecule has 0 aromatic carbocycles. The molecule has 0 radical (unpaired) electrons. The second kappa shape index (κ2) is 15.3. The number of halogens is 4. The fourth-order valence-corrected chi connectivity index (χ4v) is 3.57. The predicted octanol–water partition coefficient (Wildman–Crippen LogP) is 5.15. The molecule has 0 amide bonds. The molecule has 0 unspecified atom stereocenters. The summed E-state index contributed by atoms with van der Waals surface area (Å²) in [5, 5.41) is 0. The van der Waals surface area contributed by atoms with Crippen LogP contribution in [0.25, 0.3) is 0 Å². The molecule has 35 heavy (non-hydrogen) atoms. The number of aromatic nitrogens is 5. The summed E-state index contributed by atoms with van der Waals surface area (Å²) in [6.07, 6.45) is 3.16. The van der Waals surface area contributed by atoms with E-state index >= 15 is 0 Å². The Hall–Kier alpha value is -2.79. The van der Waals surface area contributed by atoms with E-state index in [0.717, 1.165) is 64.1 Å². The van der Waals surface area contributed by atoms with Crippen molar-refractivity contribution in [1.29, 1.82) is 0 Å². The Morgan fingerprint density at radius 3 is 1.60 bits per heavy atom. The summed E-state index contributed by atoms with van der Waals surface area (Å²) in [5.74, 6) is 1.13. The highest BCUT2D eigenvalue weighted by molar-refractivity contribution is 5.85. The Balaban J connectivity index is -0.000000302. The van der Waals surface area contributed by atoms with Gasteiger partial charge in [-0.15, -0.1) is 12.4 Å². The van der Waals surface area contributed by atoms with Gasteiger partial charge in [0.25, 0.3) is 0 Å². The zero-order valence-electron chi connectivity index (χ0n) is 19.7. The van der Waals surface area contributed by atoms with Crippen molar-refractivity contribution in [3.8, 4) is 0 Å². The van der Waals surface area contributed by atoms with Crippen LogP contribution in [-0.4, -0.2) is 51.1 Å². The fourth-order valence-electron chi connectivity index (χ4n) is 3.57. The van der Waals surface area contributed by atoms with Crippen molar-refractivity contribution in [2.24, 2.45) is 0 Å².